The minimum absolute atomic E-state index is 0.0389. The number of nitrogens with one attached hydrogen (secondary N) is 2. The number of hydrogen-bond donors (Lipinski definition) is 2. The number of halogens is 1. The molecule has 26 heavy (non-hydrogen) atoms. The molecule has 1 unspecified atom stereocenters. The number of anilines is 2. The summed E-state index contributed by atoms with van der Waals surface area (Å²) in [5.41, 5.74) is 1.69. The maximum Gasteiger partial charge on any atom is 0.321 e. The topological polar surface area (TPSA) is 74.6 Å². The lowest BCUT2D eigenvalue weighted by Gasteiger charge is -2.35. The van der Waals surface area contributed by atoms with Crippen LogP contribution in [0.2, 0.25) is 5.02 Å². The van der Waals surface area contributed by atoms with E-state index < -0.39 is 0 Å². The highest BCUT2D eigenvalue weighted by Crippen LogP contribution is 2.27. The van der Waals surface area contributed by atoms with Gasteiger partial charge in [0.2, 0.25) is 0 Å². The molecule has 1 atom stereocenters. The van der Waals surface area contributed by atoms with E-state index in [-0.39, 0.29) is 18.0 Å². The predicted molar refractivity (Wildman–Crippen MR) is 102 cm³/mol. The van der Waals surface area contributed by atoms with Gasteiger partial charge >= 0.3 is 6.03 Å². The second-order valence-corrected chi connectivity index (χ2v) is 6.68. The first-order chi connectivity index (χ1) is 12.7. The standard InChI is InChI=1S/C18H19ClN6O/c19-14-7-1-2-8-15(14)24-10-5-6-13(12-24)20-18(26)22-17-21-16-9-3-4-11-25(16)23-17/h1-4,7-9,11,13H,5-6,10,12H2,(H2,20,22,23,26). The summed E-state index contributed by atoms with van der Waals surface area (Å²) in [6.45, 7) is 1.65. The summed E-state index contributed by atoms with van der Waals surface area (Å²) in [4.78, 5) is 18.8. The highest BCUT2D eigenvalue weighted by Gasteiger charge is 2.23. The van der Waals surface area contributed by atoms with Crippen LogP contribution >= 0.6 is 11.6 Å². The summed E-state index contributed by atoms with van der Waals surface area (Å²) in [7, 11) is 0. The van der Waals surface area contributed by atoms with Gasteiger partial charge in [0, 0.05) is 25.3 Å². The number of amides is 2. The number of fused-ring (bicyclic) bond motifs is 1. The van der Waals surface area contributed by atoms with Gasteiger partial charge < -0.3 is 10.2 Å². The Labute approximate surface area is 156 Å². The van der Waals surface area contributed by atoms with Crippen LogP contribution in [0.5, 0.6) is 0 Å². The fourth-order valence-electron chi connectivity index (χ4n) is 3.23. The molecule has 1 saturated heterocycles. The molecule has 0 spiro atoms. The van der Waals surface area contributed by atoms with Gasteiger partial charge in [0.25, 0.3) is 5.95 Å². The normalized spacial score (nSPS) is 17.3. The molecule has 0 saturated carbocycles. The van der Waals surface area contributed by atoms with Crippen molar-refractivity contribution in [1.82, 2.24) is 19.9 Å². The average Bonchev–Trinajstić information content (AvgIpc) is 3.04. The molecule has 134 valence electrons. The number of rotatable bonds is 3. The number of para-hydroxylation sites is 1. The van der Waals surface area contributed by atoms with Gasteiger partial charge in [-0.2, -0.15) is 4.98 Å². The lowest BCUT2D eigenvalue weighted by atomic mass is 10.1. The third-order valence-electron chi connectivity index (χ3n) is 4.42. The monoisotopic (exact) mass is 370 g/mol. The van der Waals surface area contributed by atoms with Crippen molar-refractivity contribution in [3.63, 3.8) is 0 Å². The largest absolute Gasteiger partial charge is 0.368 e. The zero-order chi connectivity index (χ0) is 17.9. The Morgan fingerprint density at radius 1 is 1.19 bits per heavy atom. The summed E-state index contributed by atoms with van der Waals surface area (Å²) in [5.74, 6) is 0.285. The Balaban J connectivity index is 1.38. The number of carbonyl (C=O) groups excluding carboxylic acids is 1. The van der Waals surface area contributed by atoms with Crippen LogP contribution in [0.3, 0.4) is 0 Å². The Bertz CT molecular complexity index is 894. The first-order valence-electron chi connectivity index (χ1n) is 8.57. The molecular formula is C18H19ClN6O. The number of pyridine rings is 1. The Morgan fingerprint density at radius 3 is 2.88 bits per heavy atom. The number of hydrogen-bond acceptors (Lipinski definition) is 4. The Kier molecular flexibility index (Phi) is 4.62. The molecule has 0 radical (unpaired) electrons. The van der Waals surface area contributed by atoms with Gasteiger partial charge in [0.15, 0.2) is 5.65 Å². The van der Waals surface area contributed by atoms with Crippen molar-refractivity contribution >= 4 is 34.9 Å². The van der Waals surface area contributed by atoms with Gasteiger partial charge in [-0.3, -0.25) is 5.32 Å². The SMILES string of the molecule is O=C(Nc1nc2ccccn2n1)NC1CCCN(c2ccccc2Cl)C1. The molecule has 1 aliphatic rings. The Morgan fingerprint density at radius 2 is 2.04 bits per heavy atom. The van der Waals surface area contributed by atoms with Crippen molar-refractivity contribution in [3.05, 3.63) is 53.7 Å². The van der Waals surface area contributed by atoms with Gasteiger partial charge in [0.1, 0.15) is 0 Å². The number of carbonyl (C=O) groups is 1. The molecular weight excluding hydrogens is 352 g/mol. The van der Waals surface area contributed by atoms with Crippen LogP contribution < -0.4 is 15.5 Å². The van der Waals surface area contributed by atoms with E-state index in [0.29, 0.717) is 5.65 Å². The molecule has 2 aromatic heterocycles. The highest BCUT2D eigenvalue weighted by atomic mass is 35.5. The summed E-state index contributed by atoms with van der Waals surface area (Å²) < 4.78 is 1.62. The van der Waals surface area contributed by atoms with Crippen LogP contribution in [0.25, 0.3) is 5.65 Å². The molecule has 2 amide bonds. The molecule has 0 bridgehead atoms. The summed E-state index contributed by atoms with van der Waals surface area (Å²) in [6, 6.07) is 13.1. The summed E-state index contributed by atoms with van der Waals surface area (Å²) >= 11 is 6.30. The Hall–Kier alpha value is -2.80. The maximum atomic E-state index is 12.3. The van der Waals surface area contributed by atoms with E-state index >= 15 is 0 Å². The van der Waals surface area contributed by atoms with Crippen molar-refractivity contribution in [3.8, 4) is 0 Å². The van der Waals surface area contributed by atoms with E-state index in [4.69, 9.17) is 11.6 Å². The summed E-state index contributed by atoms with van der Waals surface area (Å²) in [5, 5.41) is 10.7. The van der Waals surface area contributed by atoms with Crippen LogP contribution in [0, 0.1) is 0 Å². The van der Waals surface area contributed by atoms with Gasteiger partial charge in [-0.1, -0.05) is 29.8 Å². The minimum atomic E-state index is -0.299. The lowest BCUT2D eigenvalue weighted by Crippen LogP contribution is -2.49. The molecule has 3 aromatic rings. The van der Waals surface area contributed by atoms with Gasteiger partial charge in [-0.25, -0.2) is 9.31 Å². The number of aromatic nitrogens is 3. The minimum Gasteiger partial charge on any atom is -0.368 e. The van der Waals surface area contributed by atoms with Crippen LogP contribution in [-0.4, -0.2) is 39.8 Å². The van der Waals surface area contributed by atoms with E-state index in [0.717, 1.165) is 36.6 Å². The molecule has 3 heterocycles. The average molecular weight is 371 g/mol. The molecule has 1 aromatic carbocycles. The van der Waals surface area contributed by atoms with E-state index in [2.05, 4.69) is 25.6 Å². The molecule has 2 N–H and O–H groups in total. The van der Waals surface area contributed by atoms with Crippen LogP contribution in [0.1, 0.15) is 12.8 Å². The predicted octanol–water partition coefficient (Wildman–Crippen LogP) is 3.17. The first-order valence-corrected chi connectivity index (χ1v) is 8.95. The first kappa shape index (κ1) is 16.7. The zero-order valence-electron chi connectivity index (χ0n) is 14.1. The fraction of sp³-hybridized carbons (Fsp3) is 0.278. The van der Waals surface area contributed by atoms with Crippen LogP contribution in [-0.2, 0) is 0 Å². The third-order valence-corrected chi connectivity index (χ3v) is 4.74. The van der Waals surface area contributed by atoms with Gasteiger partial charge in [-0.05, 0) is 37.1 Å². The smallest absolute Gasteiger partial charge is 0.321 e. The van der Waals surface area contributed by atoms with Crippen molar-refractivity contribution in [2.75, 3.05) is 23.3 Å². The highest BCUT2D eigenvalue weighted by molar-refractivity contribution is 6.33. The van der Waals surface area contributed by atoms with Crippen molar-refractivity contribution in [2.45, 2.75) is 18.9 Å². The van der Waals surface area contributed by atoms with Gasteiger partial charge in [-0.15, -0.1) is 5.10 Å². The fourth-order valence-corrected chi connectivity index (χ4v) is 3.48. The van der Waals surface area contributed by atoms with Crippen molar-refractivity contribution in [1.29, 1.82) is 0 Å². The molecule has 1 aliphatic heterocycles. The summed E-state index contributed by atoms with van der Waals surface area (Å²) in [6.07, 6.45) is 3.70. The third kappa shape index (κ3) is 3.57. The quantitative estimate of drug-likeness (QED) is 0.742. The van der Waals surface area contributed by atoms with E-state index in [1.165, 1.54) is 0 Å². The molecule has 7 nitrogen and oxygen atoms in total. The molecule has 1 fully saturated rings. The van der Waals surface area contributed by atoms with Crippen molar-refractivity contribution < 1.29 is 4.79 Å². The molecule has 4 rings (SSSR count). The van der Waals surface area contributed by atoms with Crippen LogP contribution in [0.15, 0.2) is 48.7 Å². The zero-order valence-corrected chi connectivity index (χ0v) is 14.9. The number of piperidine rings is 1. The molecule has 8 heteroatoms. The van der Waals surface area contributed by atoms with E-state index in [1.807, 2.05) is 42.5 Å². The number of benzene rings is 1. The molecule has 0 aliphatic carbocycles. The van der Waals surface area contributed by atoms with Crippen LogP contribution in [0.4, 0.5) is 16.4 Å². The number of urea groups is 1. The lowest BCUT2D eigenvalue weighted by molar-refractivity contribution is 0.246. The maximum absolute atomic E-state index is 12.3. The second-order valence-electron chi connectivity index (χ2n) is 6.27. The second kappa shape index (κ2) is 7.21. The van der Waals surface area contributed by atoms with Crippen molar-refractivity contribution in [2.24, 2.45) is 0 Å². The number of nitrogens with zero attached hydrogens (tertiary/aromatic N) is 4. The van der Waals surface area contributed by atoms with Gasteiger partial charge in [0.05, 0.1) is 10.7 Å². The van der Waals surface area contributed by atoms with E-state index in [9.17, 15) is 4.79 Å². The van der Waals surface area contributed by atoms with E-state index in [1.54, 1.807) is 10.7 Å².